The van der Waals surface area contributed by atoms with Gasteiger partial charge in [-0.25, -0.2) is 12.8 Å². The van der Waals surface area contributed by atoms with Crippen molar-refractivity contribution in [3.8, 4) is 11.5 Å². The molecule has 2 aromatic heterocycles. The Bertz CT molecular complexity index is 1160. The third-order valence-electron chi connectivity index (χ3n) is 4.34. The first-order chi connectivity index (χ1) is 13.8. The Kier molecular flexibility index (Phi) is 5.38. The summed E-state index contributed by atoms with van der Waals surface area (Å²) in [7, 11) is -3.85. The minimum absolute atomic E-state index is 0.0314. The summed E-state index contributed by atoms with van der Waals surface area (Å²) in [5, 5.41) is 9.96. The van der Waals surface area contributed by atoms with Crippen LogP contribution in [0.5, 0.6) is 0 Å². The smallest absolute Gasteiger partial charge is 0.322 e. The van der Waals surface area contributed by atoms with Gasteiger partial charge >= 0.3 is 6.01 Å². The molecular weight excluding hydrogens is 443 g/mol. The Balaban J connectivity index is 1.51. The molecule has 1 aromatic carbocycles. The fourth-order valence-electron chi connectivity index (χ4n) is 3.04. The zero-order valence-corrected chi connectivity index (χ0v) is 17.1. The maximum absolute atomic E-state index is 13.3. The van der Waals surface area contributed by atoms with E-state index in [-0.39, 0.29) is 22.7 Å². The molecule has 3 heterocycles. The molecule has 1 amide bonds. The zero-order valence-electron chi connectivity index (χ0n) is 14.7. The summed E-state index contributed by atoms with van der Waals surface area (Å²) in [5.41, 5.74) is 0.359. The fourth-order valence-corrected chi connectivity index (χ4v) is 6.31. The SMILES string of the molecule is O=C(Nc1nnc(-c2cccc(F)c2)o1)C1CCCN1S(=O)(=O)c1ccc(Cl)s1. The van der Waals surface area contributed by atoms with Gasteiger partial charge in [-0.2, -0.15) is 4.31 Å². The highest BCUT2D eigenvalue weighted by Gasteiger charge is 2.40. The molecule has 0 spiro atoms. The van der Waals surface area contributed by atoms with Crippen molar-refractivity contribution in [2.75, 3.05) is 11.9 Å². The summed E-state index contributed by atoms with van der Waals surface area (Å²) in [6, 6.07) is 7.37. The van der Waals surface area contributed by atoms with Crippen LogP contribution >= 0.6 is 22.9 Å². The van der Waals surface area contributed by atoms with Crippen molar-refractivity contribution in [2.45, 2.75) is 23.1 Å². The first kappa shape index (κ1) is 20.0. The lowest BCUT2D eigenvalue weighted by molar-refractivity contribution is -0.119. The van der Waals surface area contributed by atoms with Gasteiger partial charge in [0.25, 0.3) is 10.0 Å². The van der Waals surface area contributed by atoms with Crippen LogP contribution in [0.3, 0.4) is 0 Å². The van der Waals surface area contributed by atoms with Gasteiger partial charge < -0.3 is 4.42 Å². The number of amides is 1. The van der Waals surface area contributed by atoms with Gasteiger partial charge in [-0.1, -0.05) is 22.8 Å². The van der Waals surface area contributed by atoms with E-state index in [9.17, 15) is 17.6 Å². The second kappa shape index (κ2) is 7.82. The summed E-state index contributed by atoms with van der Waals surface area (Å²) < 4.78 is 46.0. The number of hydrogen-bond donors (Lipinski definition) is 1. The van der Waals surface area contributed by atoms with Crippen LogP contribution in [0.15, 0.2) is 45.0 Å². The predicted molar refractivity (Wildman–Crippen MR) is 105 cm³/mol. The van der Waals surface area contributed by atoms with Crippen molar-refractivity contribution in [3.63, 3.8) is 0 Å². The third kappa shape index (κ3) is 4.04. The van der Waals surface area contributed by atoms with Crippen molar-refractivity contribution in [3.05, 3.63) is 46.6 Å². The highest BCUT2D eigenvalue weighted by molar-refractivity contribution is 7.91. The second-order valence-corrected chi connectivity index (χ2v) is 10.1. The van der Waals surface area contributed by atoms with Crippen LogP contribution < -0.4 is 5.32 Å². The highest BCUT2D eigenvalue weighted by Crippen LogP contribution is 2.32. The fraction of sp³-hybridized carbons (Fsp3) is 0.235. The number of anilines is 1. The van der Waals surface area contributed by atoms with E-state index in [1.807, 2.05) is 0 Å². The van der Waals surface area contributed by atoms with Gasteiger partial charge in [-0.05, 0) is 43.2 Å². The van der Waals surface area contributed by atoms with Crippen LogP contribution in [0, 0.1) is 5.82 Å². The number of thiophene rings is 1. The van der Waals surface area contributed by atoms with Gasteiger partial charge in [-0.3, -0.25) is 10.1 Å². The van der Waals surface area contributed by atoms with E-state index in [0.29, 0.717) is 22.7 Å². The molecule has 8 nitrogen and oxygen atoms in total. The number of nitrogens with one attached hydrogen (secondary N) is 1. The van der Waals surface area contributed by atoms with Crippen molar-refractivity contribution in [1.29, 1.82) is 0 Å². The number of hydrogen-bond acceptors (Lipinski definition) is 7. The van der Waals surface area contributed by atoms with Crippen LogP contribution in [0.2, 0.25) is 4.34 Å². The monoisotopic (exact) mass is 456 g/mol. The zero-order chi connectivity index (χ0) is 20.6. The van der Waals surface area contributed by atoms with E-state index in [1.54, 1.807) is 6.07 Å². The minimum atomic E-state index is -3.85. The number of aromatic nitrogens is 2. The molecule has 1 unspecified atom stereocenters. The summed E-state index contributed by atoms with van der Waals surface area (Å²) in [6.07, 6.45) is 0.893. The average molecular weight is 457 g/mol. The number of carbonyl (C=O) groups is 1. The number of sulfonamides is 1. The topological polar surface area (TPSA) is 105 Å². The molecule has 12 heteroatoms. The van der Waals surface area contributed by atoms with Crippen LogP contribution in [0.1, 0.15) is 12.8 Å². The highest BCUT2D eigenvalue weighted by atomic mass is 35.5. The Morgan fingerprint density at radius 3 is 2.86 bits per heavy atom. The standard InChI is InChI=1S/C17H14ClFN4O4S2/c18-13-6-7-14(28-13)29(25,26)23-8-2-5-12(23)15(24)20-17-22-21-16(27-17)10-3-1-4-11(19)9-10/h1,3-4,6-7,9,12H,2,5,8H2,(H,20,22,24). The van der Waals surface area contributed by atoms with E-state index in [1.165, 1.54) is 30.3 Å². The third-order valence-corrected chi connectivity index (χ3v) is 7.95. The van der Waals surface area contributed by atoms with Crippen LogP contribution in [-0.4, -0.2) is 41.4 Å². The normalized spacial score (nSPS) is 17.5. The van der Waals surface area contributed by atoms with Gasteiger partial charge in [0.05, 0.1) is 4.34 Å². The summed E-state index contributed by atoms with van der Waals surface area (Å²) in [5.74, 6) is -1.01. The van der Waals surface area contributed by atoms with Gasteiger partial charge in [0, 0.05) is 12.1 Å². The lowest BCUT2D eigenvalue weighted by Gasteiger charge is -2.21. The van der Waals surface area contributed by atoms with Crippen molar-refractivity contribution >= 4 is 44.9 Å². The lowest BCUT2D eigenvalue weighted by Crippen LogP contribution is -2.42. The lowest BCUT2D eigenvalue weighted by atomic mass is 10.2. The molecular formula is C17H14ClFN4O4S2. The first-order valence-corrected chi connectivity index (χ1v) is 11.2. The van der Waals surface area contributed by atoms with Crippen LogP contribution in [-0.2, 0) is 14.8 Å². The van der Waals surface area contributed by atoms with Crippen LogP contribution in [0.25, 0.3) is 11.5 Å². The summed E-state index contributed by atoms with van der Waals surface area (Å²) in [6.45, 7) is 0.217. The molecule has 0 saturated carbocycles. The van der Waals surface area contributed by atoms with Gasteiger partial charge in [-0.15, -0.1) is 16.4 Å². The average Bonchev–Trinajstić information content (AvgIpc) is 3.42. The van der Waals surface area contributed by atoms with Gasteiger partial charge in [0.1, 0.15) is 16.1 Å². The molecule has 1 aliphatic heterocycles. The minimum Gasteiger partial charge on any atom is -0.403 e. The molecule has 0 radical (unpaired) electrons. The van der Waals surface area contributed by atoms with Gasteiger partial charge in [0.2, 0.25) is 11.8 Å². The maximum Gasteiger partial charge on any atom is 0.322 e. The van der Waals surface area contributed by atoms with Crippen molar-refractivity contribution in [2.24, 2.45) is 0 Å². The number of rotatable bonds is 5. The van der Waals surface area contributed by atoms with Crippen LogP contribution in [0.4, 0.5) is 10.4 Å². The number of halogens is 2. The predicted octanol–water partition coefficient (Wildman–Crippen LogP) is 3.38. The van der Waals surface area contributed by atoms with E-state index in [4.69, 9.17) is 16.0 Å². The molecule has 1 saturated heterocycles. The Hall–Kier alpha value is -2.34. The van der Waals surface area contributed by atoms with Crippen molar-refractivity contribution < 1.29 is 22.0 Å². The number of nitrogens with zero attached hydrogens (tertiary/aromatic N) is 3. The molecule has 0 aliphatic carbocycles. The molecule has 3 aromatic rings. The molecule has 1 atom stereocenters. The summed E-state index contributed by atoms with van der Waals surface area (Å²) >= 11 is 6.78. The maximum atomic E-state index is 13.3. The molecule has 1 aliphatic rings. The molecule has 152 valence electrons. The Morgan fingerprint density at radius 1 is 1.31 bits per heavy atom. The van der Waals surface area contributed by atoms with E-state index >= 15 is 0 Å². The second-order valence-electron chi connectivity index (χ2n) is 6.24. The largest absolute Gasteiger partial charge is 0.403 e. The Labute approximate surface area is 174 Å². The number of benzene rings is 1. The number of carbonyl (C=O) groups excluding carboxylic acids is 1. The van der Waals surface area contributed by atoms with Gasteiger partial charge in [0.15, 0.2) is 0 Å². The van der Waals surface area contributed by atoms with E-state index < -0.39 is 27.8 Å². The molecule has 4 rings (SSSR count). The Morgan fingerprint density at radius 2 is 2.14 bits per heavy atom. The molecule has 1 N–H and O–H groups in total. The quantitative estimate of drug-likeness (QED) is 0.631. The summed E-state index contributed by atoms with van der Waals surface area (Å²) in [4.78, 5) is 12.7. The molecule has 0 bridgehead atoms. The van der Waals surface area contributed by atoms with E-state index in [2.05, 4.69) is 15.5 Å². The van der Waals surface area contributed by atoms with Crippen molar-refractivity contribution in [1.82, 2.24) is 14.5 Å². The molecule has 29 heavy (non-hydrogen) atoms. The molecule has 1 fully saturated rings. The first-order valence-electron chi connectivity index (χ1n) is 8.52. The van der Waals surface area contributed by atoms with E-state index in [0.717, 1.165) is 15.6 Å².